The lowest BCUT2D eigenvalue weighted by molar-refractivity contribution is -0.152. The summed E-state index contributed by atoms with van der Waals surface area (Å²) in [6, 6.07) is 2.23. The van der Waals surface area contributed by atoms with Crippen LogP contribution in [-0.4, -0.2) is 58.6 Å². The van der Waals surface area contributed by atoms with E-state index in [-0.39, 0.29) is 0 Å². The van der Waals surface area contributed by atoms with Crippen LogP contribution in [0.3, 0.4) is 0 Å². The van der Waals surface area contributed by atoms with Gasteiger partial charge in [0.25, 0.3) is 0 Å². The maximum atomic E-state index is 11.5. The number of carboxylic acid groups (broad SMARTS) is 1. The van der Waals surface area contributed by atoms with Gasteiger partial charge in [-0.15, -0.1) is 0 Å². The van der Waals surface area contributed by atoms with E-state index in [0.717, 1.165) is 38.4 Å². The van der Waals surface area contributed by atoms with Crippen molar-refractivity contribution in [3.8, 4) is 0 Å². The van der Waals surface area contributed by atoms with E-state index >= 15 is 0 Å². The Labute approximate surface area is 122 Å². The Bertz CT molecular complexity index is 373. The zero-order chi connectivity index (χ0) is 14.3. The van der Waals surface area contributed by atoms with E-state index in [1.807, 2.05) is 6.92 Å². The van der Waals surface area contributed by atoms with Crippen LogP contribution in [0.5, 0.6) is 0 Å². The van der Waals surface area contributed by atoms with Gasteiger partial charge in [-0.2, -0.15) is 0 Å². The van der Waals surface area contributed by atoms with Crippen LogP contribution >= 0.6 is 0 Å². The molecule has 2 unspecified atom stereocenters. The third-order valence-corrected chi connectivity index (χ3v) is 6.02. The SMILES string of the molecule is CCC1(C(=O)O)CCN(C2CC(C)N(C3CC3)C2)CC1. The van der Waals surface area contributed by atoms with Crippen molar-refractivity contribution in [2.24, 2.45) is 5.41 Å². The molecule has 1 aliphatic carbocycles. The van der Waals surface area contributed by atoms with Gasteiger partial charge in [0.15, 0.2) is 0 Å². The first kappa shape index (κ1) is 14.3. The molecule has 3 rings (SSSR count). The van der Waals surface area contributed by atoms with Crippen LogP contribution in [0.15, 0.2) is 0 Å². The second kappa shape index (κ2) is 5.30. The zero-order valence-electron chi connectivity index (χ0n) is 12.8. The number of aliphatic carboxylic acids is 1. The molecule has 0 amide bonds. The van der Waals surface area contributed by atoms with E-state index < -0.39 is 11.4 Å². The molecule has 3 aliphatic rings. The summed E-state index contributed by atoms with van der Waals surface area (Å²) in [6.07, 6.45) is 6.46. The topological polar surface area (TPSA) is 43.8 Å². The van der Waals surface area contributed by atoms with Crippen LogP contribution in [0.25, 0.3) is 0 Å². The van der Waals surface area contributed by atoms with Gasteiger partial charge in [-0.3, -0.25) is 14.6 Å². The Morgan fingerprint density at radius 1 is 1.25 bits per heavy atom. The van der Waals surface area contributed by atoms with Gasteiger partial charge in [-0.05, 0) is 58.5 Å². The minimum atomic E-state index is -0.584. The first-order valence-corrected chi connectivity index (χ1v) is 8.29. The standard InChI is InChI=1S/C16H28N2O2/c1-3-16(15(19)20)6-8-17(9-7-16)14-10-12(2)18(11-14)13-4-5-13/h12-14H,3-11H2,1-2H3,(H,19,20). The molecule has 3 fully saturated rings. The maximum absolute atomic E-state index is 11.5. The van der Waals surface area contributed by atoms with Crippen molar-refractivity contribution in [3.05, 3.63) is 0 Å². The highest BCUT2D eigenvalue weighted by Gasteiger charge is 2.44. The Morgan fingerprint density at radius 3 is 2.40 bits per heavy atom. The number of hydrogen-bond donors (Lipinski definition) is 1. The lowest BCUT2D eigenvalue weighted by Crippen LogP contribution is -2.48. The van der Waals surface area contributed by atoms with E-state index in [4.69, 9.17) is 0 Å². The molecule has 0 bridgehead atoms. The third-order valence-electron chi connectivity index (χ3n) is 6.02. The van der Waals surface area contributed by atoms with E-state index in [1.165, 1.54) is 25.8 Å². The first-order valence-electron chi connectivity index (χ1n) is 8.29. The van der Waals surface area contributed by atoms with Gasteiger partial charge in [0.1, 0.15) is 0 Å². The van der Waals surface area contributed by atoms with Crippen LogP contribution < -0.4 is 0 Å². The van der Waals surface area contributed by atoms with Crippen molar-refractivity contribution in [1.29, 1.82) is 0 Å². The monoisotopic (exact) mass is 280 g/mol. The van der Waals surface area contributed by atoms with Crippen LogP contribution in [0.1, 0.15) is 52.4 Å². The molecule has 2 atom stereocenters. The molecule has 1 saturated carbocycles. The van der Waals surface area contributed by atoms with Gasteiger partial charge in [-0.25, -0.2) is 0 Å². The van der Waals surface area contributed by atoms with Crippen molar-refractivity contribution in [1.82, 2.24) is 9.80 Å². The minimum absolute atomic E-state index is 0.448. The quantitative estimate of drug-likeness (QED) is 0.857. The molecule has 20 heavy (non-hydrogen) atoms. The summed E-state index contributed by atoms with van der Waals surface area (Å²) in [5.41, 5.74) is -0.448. The summed E-state index contributed by atoms with van der Waals surface area (Å²) >= 11 is 0. The van der Waals surface area contributed by atoms with Gasteiger partial charge in [0.2, 0.25) is 0 Å². The molecule has 0 spiro atoms. The summed E-state index contributed by atoms with van der Waals surface area (Å²) in [4.78, 5) is 16.8. The summed E-state index contributed by atoms with van der Waals surface area (Å²) in [5, 5.41) is 9.48. The Morgan fingerprint density at radius 2 is 1.90 bits per heavy atom. The number of rotatable bonds is 4. The van der Waals surface area contributed by atoms with Gasteiger partial charge < -0.3 is 5.11 Å². The number of likely N-dealkylation sites (tertiary alicyclic amines) is 2. The van der Waals surface area contributed by atoms with E-state index in [2.05, 4.69) is 16.7 Å². The Hall–Kier alpha value is -0.610. The third kappa shape index (κ3) is 2.48. The molecule has 4 nitrogen and oxygen atoms in total. The van der Waals surface area contributed by atoms with Crippen LogP contribution in [0.4, 0.5) is 0 Å². The lowest BCUT2D eigenvalue weighted by atomic mass is 9.76. The second-order valence-corrected chi connectivity index (χ2v) is 7.14. The molecular formula is C16H28N2O2. The number of nitrogens with zero attached hydrogens (tertiary/aromatic N) is 2. The lowest BCUT2D eigenvalue weighted by Gasteiger charge is -2.41. The average Bonchev–Trinajstić information content (AvgIpc) is 3.22. The summed E-state index contributed by atoms with van der Waals surface area (Å²) in [5.74, 6) is -0.584. The predicted octanol–water partition coefficient (Wildman–Crippen LogP) is 2.19. The van der Waals surface area contributed by atoms with Crippen molar-refractivity contribution < 1.29 is 9.90 Å². The highest BCUT2D eigenvalue weighted by Crippen LogP contribution is 2.39. The smallest absolute Gasteiger partial charge is 0.309 e. The van der Waals surface area contributed by atoms with Gasteiger partial charge in [-0.1, -0.05) is 6.92 Å². The Balaban J connectivity index is 1.57. The molecule has 114 valence electrons. The van der Waals surface area contributed by atoms with Crippen molar-refractivity contribution in [3.63, 3.8) is 0 Å². The van der Waals surface area contributed by atoms with Gasteiger partial charge >= 0.3 is 5.97 Å². The molecular weight excluding hydrogens is 252 g/mol. The van der Waals surface area contributed by atoms with E-state index in [0.29, 0.717) is 12.1 Å². The number of carboxylic acids is 1. The fourth-order valence-corrected chi connectivity index (χ4v) is 4.24. The average molecular weight is 280 g/mol. The highest BCUT2D eigenvalue weighted by molar-refractivity contribution is 5.74. The second-order valence-electron chi connectivity index (χ2n) is 7.14. The number of carbonyl (C=O) groups is 1. The highest BCUT2D eigenvalue weighted by atomic mass is 16.4. The molecule has 2 heterocycles. The summed E-state index contributed by atoms with van der Waals surface area (Å²) in [6.45, 7) is 7.52. The molecule has 0 aromatic carbocycles. The molecule has 0 aromatic rings. The largest absolute Gasteiger partial charge is 0.481 e. The van der Waals surface area contributed by atoms with Crippen molar-refractivity contribution in [2.45, 2.75) is 70.5 Å². The Kier molecular flexibility index (Phi) is 3.80. The first-order chi connectivity index (χ1) is 9.55. The predicted molar refractivity (Wildman–Crippen MR) is 78.8 cm³/mol. The molecule has 2 aliphatic heterocycles. The molecule has 1 N–H and O–H groups in total. The molecule has 0 aromatic heterocycles. The van der Waals surface area contributed by atoms with Crippen LogP contribution in [0.2, 0.25) is 0 Å². The maximum Gasteiger partial charge on any atom is 0.309 e. The molecule has 2 saturated heterocycles. The molecule has 0 radical (unpaired) electrons. The number of hydrogen-bond acceptors (Lipinski definition) is 3. The minimum Gasteiger partial charge on any atom is -0.481 e. The fraction of sp³-hybridized carbons (Fsp3) is 0.938. The van der Waals surface area contributed by atoms with Gasteiger partial charge in [0, 0.05) is 24.7 Å². The van der Waals surface area contributed by atoms with Gasteiger partial charge in [0.05, 0.1) is 5.41 Å². The van der Waals surface area contributed by atoms with E-state index in [9.17, 15) is 9.90 Å². The van der Waals surface area contributed by atoms with Crippen molar-refractivity contribution in [2.75, 3.05) is 19.6 Å². The van der Waals surface area contributed by atoms with E-state index in [1.54, 1.807) is 0 Å². The van der Waals surface area contributed by atoms with Crippen LogP contribution in [-0.2, 0) is 4.79 Å². The van der Waals surface area contributed by atoms with Crippen LogP contribution in [0, 0.1) is 5.41 Å². The molecule has 4 heteroatoms. The number of piperidine rings is 1. The summed E-state index contributed by atoms with van der Waals surface area (Å²) < 4.78 is 0. The normalized spacial score (nSPS) is 35.3. The fourth-order valence-electron chi connectivity index (χ4n) is 4.24. The van der Waals surface area contributed by atoms with Crippen molar-refractivity contribution >= 4 is 5.97 Å². The zero-order valence-corrected chi connectivity index (χ0v) is 12.8. The summed E-state index contributed by atoms with van der Waals surface area (Å²) in [7, 11) is 0.